The summed E-state index contributed by atoms with van der Waals surface area (Å²) < 4.78 is 0. The summed E-state index contributed by atoms with van der Waals surface area (Å²) in [4.78, 5) is 16.7. The van der Waals surface area contributed by atoms with Crippen LogP contribution >= 0.6 is 12.4 Å². The Bertz CT molecular complexity index is 300. The fraction of sp³-hybridized carbons (Fsp3) is 0.938. The maximum atomic E-state index is 12.2. The molecule has 1 heterocycles. The molecule has 0 aromatic heterocycles. The number of rotatable bonds is 5. The number of hydrogen-bond acceptors (Lipinski definition) is 3. The van der Waals surface area contributed by atoms with Gasteiger partial charge in [-0.05, 0) is 25.2 Å². The third kappa shape index (κ3) is 5.76. The van der Waals surface area contributed by atoms with E-state index < -0.39 is 0 Å². The Morgan fingerprint density at radius 3 is 2.33 bits per heavy atom. The highest BCUT2D eigenvalue weighted by Gasteiger charge is 2.26. The van der Waals surface area contributed by atoms with Gasteiger partial charge in [0.25, 0.3) is 0 Å². The second-order valence-electron chi connectivity index (χ2n) is 6.53. The zero-order valence-corrected chi connectivity index (χ0v) is 14.2. The van der Waals surface area contributed by atoms with Crippen LogP contribution < -0.4 is 5.73 Å². The summed E-state index contributed by atoms with van der Waals surface area (Å²) in [5, 5.41) is 0. The molecule has 0 bridgehead atoms. The van der Waals surface area contributed by atoms with Gasteiger partial charge in [0.2, 0.25) is 5.91 Å². The summed E-state index contributed by atoms with van der Waals surface area (Å²) in [6, 6.07) is -0.287. The number of piperazine rings is 1. The highest BCUT2D eigenvalue weighted by Crippen LogP contribution is 2.24. The van der Waals surface area contributed by atoms with Gasteiger partial charge in [0, 0.05) is 32.7 Å². The predicted molar refractivity (Wildman–Crippen MR) is 89.7 cm³/mol. The molecular formula is C16H32ClN3O. The molecule has 1 unspecified atom stereocenters. The Hall–Kier alpha value is -0.320. The van der Waals surface area contributed by atoms with Crippen molar-refractivity contribution in [2.45, 2.75) is 57.9 Å². The number of carbonyl (C=O) groups excluding carboxylic acids is 1. The second-order valence-corrected chi connectivity index (χ2v) is 6.53. The van der Waals surface area contributed by atoms with Crippen LogP contribution in [0, 0.1) is 5.92 Å². The van der Waals surface area contributed by atoms with E-state index in [0.29, 0.717) is 0 Å². The predicted octanol–water partition coefficient (Wildman–Crippen LogP) is 2.26. The van der Waals surface area contributed by atoms with Gasteiger partial charge < -0.3 is 10.6 Å². The van der Waals surface area contributed by atoms with E-state index in [1.807, 2.05) is 4.90 Å². The fourth-order valence-electron chi connectivity index (χ4n) is 3.55. The molecule has 0 spiro atoms. The molecule has 2 rings (SSSR count). The van der Waals surface area contributed by atoms with E-state index in [-0.39, 0.29) is 24.4 Å². The summed E-state index contributed by atoms with van der Waals surface area (Å²) in [6.45, 7) is 7.10. The molecule has 2 N–H and O–H groups in total. The van der Waals surface area contributed by atoms with E-state index in [0.717, 1.165) is 44.9 Å². The van der Waals surface area contributed by atoms with Crippen molar-refractivity contribution in [2.75, 3.05) is 32.7 Å². The SMILES string of the molecule is CCCC(N)C(=O)N1CCN(CC2CCCCC2)CC1.Cl. The molecule has 1 aliphatic heterocycles. The van der Waals surface area contributed by atoms with Crippen molar-refractivity contribution < 1.29 is 4.79 Å². The third-order valence-corrected chi connectivity index (χ3v) is 4.84. The summed E-state index contributed by atoms with van der Waals surface area (Å²) >= 11 is 0. The maximum Gasteiger partial charge on any atom is 0.239 e. The van der Waals surface area contributed by atoms with Crippen molar-refractivity contribution in [2.24, 2.45) is 11.7 Å². The summed E-state index contributed by atoms with van der Waals surface area (Å²) in [7, 11) is 0. The van der Waals surface area contributed by atoms with E-state index in [4.69, 9.17) is 5.73 Å². The first kappa shape index (κ1) is 18.7. The van der Waals surface area contributed by atoms with Crippen molar-refractivity contribution >= 4 is 18.3 Å². The molecule has 0 aromatic carbocycles. The quantitative estimate of drug-likeness (QED) is 0.846. The molecule has 1 aliphatic carbocycles. The molecule has 1 atom stereocenters. The van der Waals surface area contributed by atoms with Gasteiger partial charge >= 0.3 is 0 Å². The van der Waals surface area contributed by atoms with Crippen LogP contribution in [-0.2, 0) is 4.79 Å². The topological polar surface area (TPSA) is 49.6 Å². The molecule has 124 valence electrons. The average Bonchev–Trinajstić information content (AvgIpc) is 2.48. The molecule has 0 aromatic rings. The van der Waals surface area contributed by atoms with Crippen molar-refractivity contribution in [1.82, 2.24) is 9.80 Å². The minimum atomic E-state index is -0.287. The van der Waals surface area contributed by atoms with E-state index in [1.165, 1.54) is 38.6 Å². The van der Waals surface area contributed by atoms with Gasteiger partial charge in [0.05, 0.1) is 6.04 Å². The highest BCUT2D eigenvalue weighted by molar-refractivity contribution is 5.85. The number of nitrogens with zero attached hydrogens (tertiary/aromatic N) is 2. The molecule has 4 nitrogen and oxygen atoms in total. The number of hydrogen-bond donors (Lipinski definition) is 1. The van der Waals surface area contributed by atoms with E-state index in [9.17, 15) is 4.79 Å². The normalized spacial score (nSPS) is 22.7. The molecule has 5 heteroatoms. The van der Waals surface area contributed by atoms with Crippen LogP contribution in [0.4, 0.5) is 0 Å². The summed E-state index contributed by atoms with van der Waals surface area (Å²) in [5.74, 6) is 1.05. The number of halogens is 1. The number of amides is 1. The zero-order chi connectivity index (χ0) is 14.4. The number of nitrogens with two attached hydrogens (primary N) is 1. The standard InChI is InChI=1S/C16H31N3O.ClH/c1-2-6-15(17)16(20)19-11-9-18(10-12-19)13-14-7-4-3-5-8-14;/h14-15H,2-13,17H2,1H3;1H. The first-order valence-electron chi connectivity index (χ1n) is 8.47. The van der Waals surface area contributed by atoms with Crippen molar-refractivity contribution in [1.29, 1.82) is 0 Å². The van der Waals surface area contributed by atoms with Crippen LogP contribution in [-0.4, -0.2) is 54.5 Å². The van der Waals surface area contributed by atoms with Gasteiger partial charge in [-0.3, -0.25) is 9.69 Å². The lowest BCUT2D eigenvalue weighted by Crippen LogP contribution is -2.53. The van der Waals surface area contributed by atoms with Crippen LogP contribution in [0.25, 0.3) is 0 Å². The van der Waals surface area contributed by atoms with Crippen LogP contribution in [0.2, 0.25) is 0 Å². The first-order chi connectivity index (χ1) is 9.70. The fourth-order valence-corrected chi connectivity index (χ4v) is 3.55. The maximum absolute atomic E-state index is 12.2. The zero-order valence-electron chi connectivity index (χ0n) is 13.4. The Morgan fingerprint density at radius 2 is 1.76 bits per heavy atom. The van der Waals surface area contributed by atoms with Crippen molar-refractivity contribution in [3.05, 3.63) is 0 Å². The molecule has 0 radical (unpaired) electrons. The van der Waals surface area contributed by atoms with Gasteiger partial charge in [-0.15, -0.1) is 12.4 Å². The minimum absolute atomic E-state index is 0. The minimum Gasteiger partial charge on any atom is -0.339 e. The molecule has 2 aliphatic rings. The average molecular weight is 318 g/mol. The Kier molecular flexibility index (Phi) is 8.60. The smallest absolute Gasteiger partial charge is 0.239 e. The van der Waals surface area contributed by atoms with Crippen LogP contribution in [0.3, 0.4) is 0 Å². The van der Waals surface area contributed by atoms with Gasteiger partial charge in [-0.25, -0.2) is 0 Å². The lowest BCUT2D eigenvalue weighted by Gasteiger charge is -2.38. The molecule has 1 amide bonds. The van der Waals surface area contributed by atoms with Crippen LogP contribution in [0.15, 0.2) is 0 Å². The largest absolute Gasteiger partial charge is 0.339 e. The molecular weight excluding hydrogens is 286 g/mol. The molecule has 21 heavy (non-hydrogen) atoms. The molecule has 2 fully saturated rings. The summed E-state index contributed by atoms with van der Waals surface area (Å²) in [6.07, 6.45) is 8.84. The Morgan fingerprint density at radius 1 is 1.14 bits per heavy atom. The van der Waals surface area contributed by atoms with Crippen molar-refractivity contribution in [3.8, 4) is 0 Å². The Balaban J connectivity index is 0.00000220. The van der Waals surface area contributed by atoms with Crippen molar-refractivity contribution in [3.63, 3.8) is 0 Å². The van der Waals surface area contributed by atoms with Gasteiger partial charge in [-0.1, -0.05) is 32.6 Å². The van der Waals surface area contributed by atoms with E-state index in [1.54, 1.807) is 0 Å². The molecule has 1 saturated carbocycles. The van der Waals surface area contributed by atoms with E-state index >= 15 is 0 Å². The van der Waals surface area contributed by atoms with Gasteiger partial charge in [-0.2, -0.15) is 0 Å². The lowest BCUT2D eigenvalue weighted by molar-refractivity contribution is -0.134. The third-order valence-electron chi connectivity index (χ3n) is 4.84. The first-order valence-corrected chi connectivity index (χ1v) is 8.47. The monoisotopic (exact) mass is 317 g/mol. The number of carbonyl (C=O) groups is 1. The highest BCUT2D eigenvalue weighted by atomic mass is 35.5. The van der Waals surface area contributed by atoms with Crippen LogP contribution in [0.5, 0.6) is 0 Å². The van der Waals surface area contributed by atoms with Gasteiger partial charge in [0.1, 0.15) is 0 Å². The second kappa shape index (κ2) is 9.65. The lowest BCUT2D eigenvalue weighted by atomic mass is 9.89. The van der Waals surface area contributed by atoms with Crippen LogP contribution in [0.1, 0.15) is 51.9 Å². The van der Waals surface area contributed by atoms with Gasteiger partial charge in [0.15, 0.2) is 0 Å². The van der Waals surface area contributed by atoms with E-state index in [2.05, 4.69) is 11.8 Å². The molecule has 1 saturated heterocycles. The Labute approximate surface area is 135 Å². The summed E-state index contributed by atoms with van der Waals surface area (Å²) in [5.41, 5.74) is 5.94.